The lowest BCUT2D eigenvalue weighted by atomic mass is 10.1. The quantitative estimate of drug-likeness (QED) is 0.816. The van der Waals surface area contributed by atoms with Crippen LogP contribution in [0.5, 0.6) is 0 Å². The molecule has 2 aromatic carbocycles. The Morgan fingerprint density at radius 2 is 1.70 bits per heavy atom. The van der Waals surface area contributed by atoms with E-state index in [0.29, 0.717) is 11.6 Å². The number of carbonyl (C=O) groups excluding carboxylic acids is 1. The van der Waals surface area contributed by atoms with E-state index in [-0.39, 0.29) is 5.91 Å². The summed E-state index contributed by atoms with van der Waals surface area (Å²) in [6, 6.07) is 16.8. The molecule has 2 aliphatic heterocycles. The van der Waals surface area contributed by atoms with Crippen molar-refractivity contribution >= 4 is 28.5 Å². The molecule has 0 radical (unpaired) electrons. The van der Waals surface area contributed by atoms with Gasteiger partial charge in [-0.05, 0) is 44.2 Å². The van der Waals surface area contributed by atoms with Crippen LogP contribution in [0.1, 0.15) is 19.4 Å². The summed E-state index contributed by atoms with van der Waals surface area (Å²) in [4.78, 5) is 17.1. The summed E-state index contributed by atoms with van der Waals surface area (Å²) in [6.45, 7) is 8.86. The molecule has 0 spiro atoms. The normalized spacial score (nSPS) is 18.7. The fourth-order valence-corrected chi connectivity index (χ4v) is 3.70. The predicted molar refractivity (Wildman–Crippen MR) is 112 cm³/mol. The third-order valence-electron chi connectivity index (χ3n) is 5.37. The predicted octanol–water partition coefficient (Wildman–Crippen LogP) is 3.62. The zero-order valence-corrected chi connectivity index (χ0v) is 15.9. The van der Waals surface area contributed by atoms with Gasteiger partial charge in [-0.3, -0.25) is 9.69 Å². The maximum atomic E-state index is 12.2. The van der Waals surface area contributed by atoms with Crippen molar-refractivity contribution < 1.29 is 4.79 Å². The summed E-state index contributed by atoms with van der Waals surface area (Å²) in [5.74, 6) is -0.0663. The third kappa shape index (κ3) is 3.69. The van der Waals surface area contributed by atoms with Crippen molar-refractivity contribution in [3.8, 4) is 0 Å². The third-order valence-corrected chi connectivity index (χ3v) is 5.37. The first kappa shape index (κ1) is 17.6. The average Bonchev–Trinajstić information content (AvgIpc) is 3.02. The number of hydrogen-bond acceptors (Lipinski definition) is 4. The summed E-state index contributed by atoms with van der Waals surface area (Å²) in [5.41, 5.74) is 4.70. The van der Waals surface area contributed by atoms with Crippen LogP contribution in [-0.4, -0.2) is 43.0 Å². The summed E-state index contributed by atoms with van der Waals surface area (Å²) < 4.78 is 0. The smallest absolute Gasteiger partial charge is 0.257 e. The number of nitrogens with one attached hydrogen (secondary N) is 2. The molecule has 27 heavy (non-hydrogen) atoms. The minimum absolute atomic E-state index is 0.0663. The van der Waals surface area contributed by atoms with Crippen LogP contribution in [0.4, 0.5) is 17.1 Å². The average molecular weight is 362 g/mol. The highest BCUT2D eigenvalue weighted by molar-refractivity contribution is 6.31. The second-order valence-corrected chi connectivity index (χ2v) is 7.37. The second-order valence-electron chi connectivity index (χ2n) is 7.37. The largest absolute Gasteiger partial charge is 0.369 e. The number of para-hydroxylation sites is 1. The van der Waals surface area contributed by atoms with Gasteiger partial charge in [0.05, 0.1) is 5.57 Å². The fourth-order valence-electron chi connectivity index (χ4n) is 3.70. The topological polar surface area (TPSA) is 47.6 Å². The van der Waals surface area contributed by atoms with E-state index in [0.717, 1.165) is 43.1 Å². The van der Waals surface area contributed by atoms with Crippen LogP contribution in [0.2, 0.25) is 0 Å². The van der Waals surface area contributed by atoms with Gasteiger partial charge in [-0.15, -0.1) is 0 Å². The molecule has 5 nitrogen and oxygen atoms in total. The Labute approximate surface area is 160 Å². The minimum Gasteiger partial charge on any atom is -0.369 e. The van der Waals surface area contributed by atoms with Crippen LogP contribution in [0.15, 0.2) is 54.7 Å². The Morgan fingerprint density at radius 3 is 2.41 bits per heavy atom. The van der Waals surface area contributed by atoms with E-state index in [1.165, 1.54) is 5.69 Å². The first-order valence-electron chi connectivity index (χ1n) is 9.58. The van der Waals surface area contributed by atoms with E-state index in [1.54, 1.807) is 6.20 Å². The molecule has 1 fully saturated rings. The number of fused-ring (bicyclic) bond motifs is 1. The lowest BCUT2D eigenvalue weighted by Gasteiger charge is -2.38. The van der Waals surface area contributed by atoms with Crippen LogP contribution in [0, 0.1) is 0 Å². The van der Waals surface area contributed by atoms with Crippen molar-refractivity contribution in [3.63, 3.8) is 0 Å². The molecule has 140 valence electrons. The van der Waals surface area contributed by atoms with Crippen molar-refractivity contribution in [1.29, 1.82) is 0 Å². The first-order chi connectivity index (χ1) is 13.1. The maximum absolute atomic E-state index is 12.2. The molecule has 0 aliphatic carbocycles. The minimum atomic E-state index is -0.0663. The van der Waals surface area contributed by atoms with Gasteiger partial charge < -0.3 is 15.5 Å². The number of piperazine rings is 1. The van der Waals surface area contributed by atoms with E-state index < -0.39 is 0 Å². The molecular weight excluding hydrogens is 336 g/mol. The number of carbonyl (C=O) groups is 1. The second kappa shape index (κ2) is 7.45. The van der Waals surface area contributed by atoms with E-state index in [1.807, 2.05) is 24.3 Å². The molecule has 1 amide bonds. The number of amides is 1. The molecule has 1 saturated heterocycles. The Balaban J connectivity index is 1.41. The van der Waals surface area contributed by atoms with E-state index in [4.69, 9.17) is 0 Å². The zero-order chi connectivity index (χ0) is 18.8. The zero-order valence-electron chi connectivity index (χ0n) is 15.9. The van der Waals surface area contributed by atoms with Crippen LogP contribution < -0.4 is 15.5 Å². The highest BCUT2D eigenvalue weighted by Gasteiger charge is 2.23. The Kier molecular flexibility index (Phi) is 4.86. The van der Waals surface area contributed by atoms with Gasteiger partial charge in [-0.2, -0.15) is 0 Å². The van der Waals surface area contributed by atoms with E-state index in [2.05, 4.69) is 58.5 Å². The molecule has 0 unspecified atom stereocenters. The number of benzene rings is 2. The molecule has 0 bridgehead atoms. The van der Waals surface area contributed by atoms with Gasteiger partial charge in [0, 0.05) is 61.0 Å². The Morgan fingerprint density at radius 1 is 1.00 bits per heavy atom. The highest BCUT2D eigenvalue weighted by Crippen LogP contribution is 2.31. The molecular formula is C22H26N4O. The molecule has 5 heteroatoms. The van der Waals surface area contributed by atoms with Crippen LogP contribution in [0.25, 0.3) is 5.57 Å². The lowest BCUT2D eigenvalue weighted by molar-refractivity contribution is -0.110. The van der Waals surface area contributed by atoms with Crippen molar-refractivity contribution in [2.24, 2.45) is 0 Å². The van der Waals surface area contributed by atoms with Gasteiger partial charge in [0.25, 0.3) is 5.91 Å². The Hall–Kier alpha value is -2.79. The monoisotopic (exact) mass is 362 g/mol. The summed E-state index contributed by atoms with van der Waals surface area (Å²) >= 11 is 0. The molecule has 2 heterocycles. The van der Waals surface area contributed by atoms with Crippen LogP contribution in [0.3, 0.4) is 0 Å². The number of hydrogen-bond donors (Lipinski definition) is 2. The molecule has 2 aromatic rings. The van der Waals surface area contributed by atoms with Crippen LogP contribution >= 0.6 is 0 Å². The Bertz CT molecular complexity index is 849. The lowest BCUT2D eigenvalue weighted by Crippen LogP contribution is -2.48. The van der Waals surface area contributed by atoms with Crippen molar-refractivity contribution in [2.45, 2.75) is 19.9 Å². The first-order valence-corrected chi connectivity index (χ1v) is 9.58. The van der Waals surface area contributed by atoms with E-state index >= 15 is 0 Å². The van der Waals surface area contributed by atoms with Crippen molar-refractivity contribution in [3.05, 3.63) is 60.3 Å². The van der Waals surface area contributed by atoms with Crippen molar-refractivity contribution in [2.75, 3.05) is 41.7 Å². The van der Waals surface area contributed by atoms with Gasteiger partial charge in [-0.25, -0.2) is 0 Å². The number of anilines is 3. The van der Waals surface area contributed by atoms with Gasteiger partial charge in [0.2, 0.25) is 0 Å². The molecule has 0 saturated carbocycles. The van der Waals surface area contributed by atoms with Crippen molar-refractivity contribution in [1.82, 2.24) is 4.90 Å². The molecule has 0 aromatic heterocycles. The van der Waals surface area contributed by atoms with Gasteiger partial charge in [0.15, 0.2) is 0 Å². The van der Waals surface area contributed by atoms with Gasteiger partial charge >= 0.3 is 0 Å². The van der Waals surface area contributed by atoms with Gasteiger partial charge in [0.1, 0.15) is 0 Å². The van der Waals surface area contributed by atoms with Gasteiger partial charge in [-0.1, -0.05) is 18.2 Å². The molecule has 0 atom stereocenters. The summed E-state index contributed by atoms with van der Waals surface area (Å²) in [6.07, 6.45) is 1.79. The summed E-state index contributed by atoms with van der Waals surface area (Å²) in [7, 11) is 0. The summed E-state index contributed by atoms with van der Waals surface area (Å²) in [5, 5.41) is 6.15. The maximum Gasteiger partial charge on any atom is 0.257 e. The molecule has 4 rings (SSSR count). The molecule has 2 aliphatic rings. The SMILES string of the molecule is CC(C)N1CCN(c2ccc(NC=C3C(=O)Nc4ccccc43)cc2)CC1. The fraction of sp³-hybridized carbons (Fsp3) is 0.318. The van der Waals surface area contributed by atoms with E-state index in [9.17, 15) is 4.79 Å². The highest BCUT2D eigenvalue weighted by atomic mass is 16.2. The number of rotatable bonds is 4. The number of nitrogens with zero attached hydrogens (tertiary/aromatic N) is 2. The van der Waals surface area contributed by atoms with Crippen LogP contribution in [-0.2, 0) is 4.79 Å². The molecule has 2 N–H and O–H groups in total. The standard InChI is InChI=1S/C22H26N4O/c1-16(2)25-11-13-26(14-12-25)18-9-7-17(8-10-18)23-15-20-19-5-3-4-6-21(19)24-22(20)27/h3-10,15-16,23H,11-14H2,1-2H3,(H,24,27).